The number of hydrogen-bond acceptors (Lipinski definition) is 2. The highest BCUT2D eigenvalue weighted by Gasteiger charge is 2.37. The second-order valence-corrected chi connectivity index (χ2v) is 5.64. The van der Waals surface area contributed by atoms with Crippen LogP contribution in [0.4, 0.5) is 0 Å². The third-order valence-corrected chi connectivity index (χ3v) is 3.83. The summed E-state index contributed by atoms with van der Waals surface area (Å²) in [7, 11) is 0. The summed E-state index contributed by atoms with van der Waals surface area (Å²) in [6.07, 6.45) is 7.69. The molecule has 0 saturated heterocycles. The van der Waals surface area contributed by atoms with E-state index in [1.54, 1.807) is 6.92 Å². The average Bonchev–Trinajstić information content (AvgIpc) is 2.30. The van der Waals surface area contributed by atoms with Gasteiger partial charge in [0.25, 0.3) is 0 Å². The first-order valence-corrected chi connectivity index (χ1v) is 6.88. The van der Waals surface area contributed by atoms with E-state index in [9.17, 15) is 4.79 Å². The molecule has 98 valence electrons. The van der Waals surface area contributed by atoms with Crippen LogP contribution in [-0.4, -0.2) is 11.6 Å². The molecule has 0 unspecified atom stereocenters. The zero-order valence-electron chi connectivity index (χ0n) is 11.6. The van der Waals surface area contributed by atoms with E-state index < -0.39 is 0 Å². The summed E-state index contributed by atoms with van der Waals surface area (Å²) in [5, 5.41) is 0. The topological polar surface area (TPSA) is 26.3 Å². The Morgan fingerprint density at radius 2 is 2.00 bits per heavy atom. The molecule has 0 aliphatic heterocycles. The van der Waals surface area contributed by atoms with Crippen LogP contribution < -0.4 is 0 Å². The number of esters is 1. The minimum atomic E-state index is -0.212. The van der Waals surface area contributed by atoms with Crippen LogP contribution in [0.1, 0.15) is 65.7 Å². The number of carbonyl (C=O) groups is 1. The van der Waals surface area contributed by atoms with Crippen LogP contribution in [0.25, 0.3) is 0 Å². The SMILES string of the molecule is C=C(C)C(=O)OC1(CCCC)CCC(C)CC1. The molecule has 0 N–H and O–H groups in total. The molecule has 0 heterocycles. The molecule has 0 spiro atoms. The standard InChI is InChI=1S/C15H26O2/c1-5-6-9-15(17-14(16)12(2)3)10-7-13(4)8-11-15/h13H,2,5-11H2,1,3-4H3. The van der Waals surface area contributed by atoms with E-state index in [1.807, 2.05) is 0 Å². The van der Waals surface area contributed by atoms with Crippen molar-refractivity contribution >= 4 is 5.97 Å². The van der Waals surface area contributed by atoms with Crippen molar-refractivity contribution in [1.82, 2.24) is 0 Å². The smallest absolute Gasteiger partial charge is 0.333 e. The largest absolute Gasteiger partial charge is 0.456 e. The quantitative estimate of drug-likeness (QED) is 0.529. The van der Waals surface area contributed by atoms with Gasteiger partial charge in [-0.05, 0) is 51.4 Å². The molecule has 1 saturated carbocycles. The van der Waals surface area contributed by atoms with Crippen molar-refractivity contribution < 1.29 is 9.53 Å². The Morgan fingerprint density at radius 1 is 1.41 bits per heavy atom. The first-order valence-electron chi connectivity index (χ1n) is 6.88. The summed E-state index contributed by atoms with van der Waals surface area (Å²) in [5.41, 5.74) is 0.318. The van der Waals surface area contributed by atoms with Gasteiger partial charge in [0.05, 0.1) is 0 Å². The number of hydrogen-bond donors (Lipinski definition) is 0. The van der Waals surface area contributed by atoms with E-state index in [2.05, 4.69) is 20.4 Å². The summed E-state index contributed by atoms with van der Waals surface area (Å²) in [5.74, 6) is 0.559. The first kappa shape index (κ1) is 14.3. The molecule has 17 heavy (non-hydrogen) atoms. The van der Waals surface area contributed by atoms with Gasteiger partial charge in [0, 0.05) is 5.57 Å². The van der Waals surface area contributed by atoms with Gasteiger partial charge in [-0.2, -0.15) is 0 Å². The lowest BCUT2D eigenvalue weighted by Crippen LogP contribution is -2.39. The normalized spacial score (nSPS) is 28.8. The number of unbranched alkanes of at least 4 members (excludes halogenated alkanes) is 1. The summed E-state index contributed by atoms with van der Waals surface area (Å²) < 4.78 is 5.75. The minimum absolute atomic E-state index is 0.196. The van der Waals surface area contributed by atoms with Gasteiger partial charge in [-0.1, -0.05) is 26.8 Å². The summed E-state index contributed by atoms with van der Waals surface area (Å²) >= 11 is 0. The fourth-order valence-corrected chi connectivity index (χ4v) is 2.47. The summed E-state index contributed by atoms with van der Waals surface area (Å²) in [6.45, 7) is 9.86. The van der Waals surface area contributed by atoms with Gasteiger partial charge in [-0.3, -0.25) is 0 Å². The van der Waals surface area contributed by atoms with Crippen molar-refractivity contribution in [2.75, 3.05) is 0 Å². The van der Waals surface area contributed by atoms with Gasteiger partial charge in [-0.15, -0.1) is 0 Å². The first-order chi connectivity index (χ1) is 7.99. The van der Waals surface area contributed by atoms with Crippen LogP contribution in [0, 0.1) is 5.92 Å². The highest BCUT2D eigenvalue weighted by atomic mass is 16.6. The van der Waals surface area contributed by atoms with E-state index in [-0.39, 0.29) is 11.6 Å². The third-order valence-electron chi connectivity index (χ3n) is 3.83. The van der Waals surface area contributed by atoms with Crippen molar-refractivity contribution in [2.45, 2.75) is 71.3 Å². The minimum Gasteiger partial charge on any atom is -0.456 e. The molecule has 0 bridgehead atoms. The lowest BCUT2D eigenvalue weighted by molar-refractivity contribution is -0.160. The van der Waals surface area contributed by atoms with E-state index in [0.29, 0.717) is 5.57 Å². The van der Waals surface area contributed by atoms with Crippen LogP contribution >= 0.6 is 0 Å². The molecule has 0 aromatic rings. The van der Waals surface area contributed by atoms with Gasteiger partial charge in [0.15, 0.2) is 0 Å². The maximum Gasteiger partial charge on any atom is 0.333 e. The molecule has 0 radical (unpaired) electrons. The van der Waals surface area contributed by atoms with Gasteiger partial charge in [0.2, 0.25) is 0 Å². The molecule has 0 atom stereocenters. The number of carbonyl (C=O) groups excluding carboxylic acids is 1. The number of rotatable bonds is 5. The van der Waals surface area contributed by atoms with Crippen molar-refractivity contribution in [2.24, 2.45) is 5.92 Å². The average molecular weight is 238 g/mol. The molecule has 0 aromatic heterocycles. The zero-order valence-corrected chi connectivity index (χ0v) is 11.6. The van der Waals surface area contributed by atoms with Crippen molar-refractivity contribution in [3.8, 4) is 0 Å². The molecular formula is C15H26O2. The van der Waals surface area contributed by atoms with Gasteiger partial charge < -0.3 is 4.74 Å². The molecule has 1 fully saturated rings. The Balaban J connectivity index is 2.65. The molecule has 0 aromatic carbocycles. The van der Waals surface area contributed by atoms with Crippen LogP contribution in [0.3, 0.4) is 0 Å². The highest BCUT2D eigenvalue weighted by molar-refractivity contribution is 5.87. The molecule has 1 aliphatic carbocycles. The van der Waals surface area contributed by atoms with Crippen molar-refractivity contribution in [3.05, 3.63) is 12.2 Å². The van der Waals surface area contributed by atoms with E-state index >= 15 is 0 Å². The zero-order chi connectivity index (χ0) is 12.9. The van der Waals surface area contributed by atoms with Crippen LogP contribution in [-0.2, 0) is 9.53 Å². The summed E-state index contributed by atoms with van der Waals surface area (Å²) in [6, 6.07) is 0. The molecule has 1 rings (SSSR count). The second-order valence-electron chi connectivity index (χ2n) is 5.64. The maximum absolute atomic E-state index is 11.7. The fourth-order valence-electron chi connectivity index (χ4n) is 2.47. The Kier molecular flexibility index (Phi) is 5.23. The van der Waals surface area contributed by atoms with Crippen molar-refractivity contribution in [3.63, 3.8) is 0 Å². The molecule has 0 amide bonds. The fraction of sp³-hybridized carbons (Fsp3) is 0.800. The van der Waals surface area contributed by atoms with Crippen LogP contribution in [0.15, 0.2) is 12.2 Å². The Labute approximate surface area is 105 Å². The number of ether oxygens (including phenoxy) is 1. The van der Waals surface area contributed by atoms with E-state index in [0.717, 1.165) is 38.0 Å². The Hall–Kier alpha value is -0.790. The predicted octanol–water partition coefficient (Wildman–Crippen LogP) is 4.24. The summed E-state index contributed by atoms with van der Waals surface area (Å²) in [4.78, 5) is 11.7. The van der Waals surface area contributed by atoms with Crippen LogP contribution in [0.5, 0.6) is 0 Å². The van der Waals surface area contributed by atoms with Crippen LogP contribution in [0.2, 0.25) is 0 Å². The van der Waals surface area contributed by atoms with Gasteiger partial charge in [-0.25, -0.2) is 4.79 Å². The lowest BCUT2D eigenvalue weighted by atomic mass is 9.77. The molecule has 1 aliphatic rings. The Bertz CT molecular complexity index is 267. The highest BCUT2D eigenvalue weighted by Crippen LogP contribution is 2.38. The molecular weight excluding hydrogens is 212 g/mol. The maximum atomic E-state index is 11.7. The van der Waals surface area contributed by atoms with Gasteiger partial charge in [0.1, 0.15) is 5.60 Å². The predicted molar refractivity (Wildman–Crippen MR) is 70.8 cm³/mol. The third kappa shape index (κ3) is 4.18. The van der Waals surface area contributed by atoms with E-state index in [4.69, 9.17) is 4.74 Å². The monoisotopic (exact) mass is 238 g/mol. The molecule has 2 heteroatoms. The van der Waals surface area contributed by atoms with E-state index in [1.165, 1.54) is 12.8 Å². The second kappa shape index (κ2) is 6.23. The Morgan fingerprint density at radius 3 is 2.47 bits per heavy atom. The molecule has 2 nitrogen and oxygen atoms in total. The van der Waals surface area contributed by atoms with Gasteiger partial charge >= 0.3 is 5.97 Å². The lowest BCUT2D eigenvalue weighted by Gasteiger charge is -2.39. The van der Waals surface area contributed by atoms with Crippen molar-refractivity contribution in [1.29, 1.82) is 0 Å².